The van der Waals surface area contributed by atoms with Gasteiger partial charge in [-0.1, -0.05) is 13.3 Å². The van der Waals surface area contributed by atoms with Crippen molar-refractivity contribution in [1.29, 1.82) is 0 Å². The highest BCUT2D eigenvalue weighted by atomic mass is 32.2. The summed E-state index contributed by atoms with van der Waals surface area (Å²) in [6.07, 6.45) is 2.20. The SMILES string of the molecule is CCCC(COC)NS(=O)(=O)CCCN. The molecular weight excluding hydrogens is 216 g/mol. The second-order valence-corrected chi connectivity index (χ2v) is 5.39. The van der Waals surface area contributed by atoms with E-state index >= 15 is 0 Å². The summed E-state index contributed by atoms with van der Waals surface area (Å²) in [5, 5.41) is 0. The fourth-order valence-electron chi connectivity index (χ4n) is 1.31. The minimum absolute atomic E-state index is 0.0907. The number of sulfonamides is 1. The van der Waals surface area contributed by atoms with Gasteiger partial charge >= 0.3 is 0 Å². The fourth-order valence-corrected chi connectivity index (χ4v) is 2.67. The molecule has 0 spiro atoms. The zero-order chi connectivity index (χ0) is 11.7. The van der Waals surface area contributed by atoms with Crippen LogP contribution in [0.3, 0.4) is 0 Å². The highest BCUT2D eigenvalue weighted by molar-refractivity contribution is 7.89. The van der Waals surface area contributed by atoms with Gasteiger partial charge in [-0.05, 0) is 19.4 Å². The molecule has 0 bridgehead atoms. The lowest BCUT2D eigenvalue weighted by Crippen LogP contribution is -2.39. The summed E-state index contributed by atoms with van der Waals surface area (Å²) in [7, 11) is -1.63. The molecule has 0 saturated heterocycles. The van der Waals surface area contributed by atoms with Crippen LogP contribution in [0.15, 0.2) is 0 Å². The Kier molecular flexibility index (Phi) is 7.95. The van der Waals surface area contributed by atoms with Gasteiger partial charge in [0.1, 0.15) is 0 Å². The Morgan fingerprint density at radius 2 is 2.13 bits per heavy atom. The number of nitrogens with one attached hydrogen (secondary N) is 1. The third-order valence-corrected chi connectivity index (χ3v) is 3.49. The Bertz CT molecular complexity index is 236. The van der Waals surface area contributed by atoms with Crippen molar-refractivity contribution in [3.63, 3.8) is 0 Å². The molecule has 15 heavy (non-hydrogen) atoms. The molecule has 6 heteroatoms. The first-order valence-electron chi connectivity index (χ1n) is 5.24. The van der Waals surface area contributed by atoms with Gasteiger partial charge in [0.05, 0.1) is 12.4 Å². The van der Waals surface area contributed by atoms with E-state index in [0.29, 0.717) is 19.6 Å². The second-order valence-electron chi connectivity index (χ2n) is 3.52. The maximum atomic E-state index is 11.5. The molecule has 3 N–H and O–H groups in total. The van der Waals surface area contributed by atoms with Gasteiger partial charge in [-0.25, -0.2) is 13.1 Å². The zero-order valence-corrected chi connectivity index (χ0v) is 10.3. The summed E-state index contributed by atoms with van der Waals surface area (Å²) >= 11 is 0. The molecule has 0 aliphatic carbocycles. The first-order valence-corrected chi connectivity index (χ1v) is 6.90. The normalized spacial score (nSPS) is 14.1. The summed E-state index contributed by atoms with van der Waals surface area (Å²) in [5.41, 5.74) is 5.27. The predicted octanol–water partition coefficient (Wildman–Crippen LogP) is 0.0697. The Balaban J connectivity index is 4.12. The summed E-state index contributed by atoms with van der Waals surface area (Å²) in [6.45, 7) is 2.82. The number of methoxy groups -OCH3 is 1. The molecular formula is C9H22N2O3S. The first kappa shape index (κ1) is 14.8. The van der Waals surface area contributed by atoms with Crippen LogP contribution in [-0.2, 0) is 14.8 Å². The average Bonchev–Trinajstić information content (AvgIpc) is 2.15. The van der Waals surface area contributed by atoms with Gasteiger partial charge < -0.3 is 10.5 Å². The lowest BCUT2D eigenvalue weighted by atomic mass is 10.2. The van der Waals surface area contributed by atoms with Gasteiger partial charge in [-0.3, -0.25) is 0 Å². The maximum Gasteiger partial charge on any atom is 0.211 e. The van der Waals surface area contributed by atoms with E-state index in [0.717, 1.165) is 12.8 Å². The molecule has 0 saturated carbocycles. The molecule has 1 atom stereocenters. The summed E-state index contributed by atoms with van der Waals surface area (Å²) in [4.78, 5) is 0. The van der Waals surface area contributed by atoms with Crippen molar-refractivity contribution in [3.8, 4) is 0 Å². The van der Waals surface area contributed by atoms with Crippen LogP contribution in [-0.4, -0.2) is 40.5 Å². The topological polar surface area (TPSA) is 81.4 Å². The van der Waals surface area contributed by atoms with Gasteiger partial charge in [0.15, 0.2) is 0 Å². The number of nitrogens with two attached hydrogens (primary N) is 1. The molecule has 1 unspecified atom stereocenters. The monoisotopic (exact) mass is 238 g/mol. The van der Waals surface area contributed by atoms with Crippen LogP contribution in [0.1, 0.15) is 26.2 Å². The first-order chi connectivity index (χ1) is 7.05. The van der Waals surface area contributed by atoms with Crippen LogP contribution < -0.4 is 10.5 Å². The van der Waals surface area contributed by atoms with Crippen LogP contribution in [0.25, 0.3) is 0 Å². The van der Waals surface area contributed by atoms with Crippen molar-refractivity contribution in [1.82, 2.24) is 4.72 Å². The Labute approximate surface area is 92.4 Å². The van der Waals surface area contributed by atoms with E-state index in [9.17, 15) is 8.42 Å². The smallest absolute Gasteiger partial charge is 0.211 e. The van der Waals surface area contributed by atoms with Crippen molar-refractivity contribution in [2.75, 3.05) is 26.0 Å². The summed E-state index contributed by atoms with van der Waals surface area (Å²) in [5.74, 6) is 0.0907. The van der Waals surface area contributed by atoms with E-state index in [1.807, 2.05) is 6.92 Å². The van der Waals surface area contributed by atoms with Crippen LogP contribution in [0.5, 0.6) is 0 Å². The van der Waals surface area contributed by atoms with Crippen LogP contribution in [0.4, 0.5) is 0 Å². The van der Waals surface area contributed by atoms with Gasteiger partial charge in [-0.15, -0.1) is 0 Å². The Morgan fingerprint density at radius 1 is 1.47 bits per heavy atom. The average molecular weight is 238 g/mol. The number of hydrogen-bond donors (Lipinski definition) is 2. The molecule has 0 aliphatic rings. The van der Waals surface area contributed by atoms with Gasteiger partial charge in [0, 0.05) is 13.2 Å². The molecule has 0 radical (unpaired) electrons. The van der Waals surface area contributed by atoms with Crippen LogP contribution in [0, 0.1) is 0 Å². The fraction of sp³-hybridized carbons (Fsp3) is 1.00. The molecule has 5 nitrogen and oxygen atoms in total. The Hall–Kier alpha value is -0.170. The molecule has 0 heterocycles. The largest absolute Gasteiger partial charge is 0.383 e. The van der Waals surface area contributed by atoms with Crippen molar-refractivity contribution in [3.05, 3.63) is 0 Å². The minimum Gasteiger partial charge on any atom is -0.383 e. The van der Waals surface area contributed by atoms with Crippen LogP contribution in [0.2, 0.25) is 0 Å². The van der Waals surface area contributed by atoms with Crippen molar-refractivity contribution in [2.24, 2.45) is 5.73 Å². The van der Waals surface area contributed by atoms with Crippen molar-refractivity contribution in [2.45, 2.75) is 32.2 Å². The Morgan fingerprint density at radius 3 is 2.60 bits per heavy atom. The number of hydrogen-bond acceptors (Lipinski definition) is 4. The standard InChI is InChI=1S/C9H22N2O3S/c1-3-5-9(8-14-2)11-15(12,13)7-4-6-10/h9,11H,3-8,10H2,1-2H3. The molecule has 0 amide bonds. The highest BCUT2D eigenvalue weighted by Gasteiger charge is 2.16. The number of rotatable bonds is 9. The van der Waals surface area contributed by atoms with E-state index in [1.54, 1.807) is 7.11 Å². The lowest BCUT2D eigenvalue weighted by molar-refractivity contribution is 0.171. The lowest BCUT2D eigenvalue weighted by Gasteiger charge is -2.16. The van der Waals surface area contributed by atoms with E-state index in [2.05, 4.69) is 4.72 Å². The quantitative estimate of drug-likeness (QED) is 0.595. The third-order valence-electron chi connectivity index (χ3n) is 1.97. The molecule has 0 fully saturated rings. The third kappa shape index (κ3) is 7.72. The van der Waals surface area contributed by atoms with E-state index in [1.165, 1.54) is 0 Å². The summed E-state index contributed by atoms with van der Waals surface area (Å²) < 4.78 is 30.6. The van der Waals surface area contributed by atoms with E-state index in [-0.39, 0.29) is 11.8 Å². The summed E-state index contributed by atoms with van der Waals surface area (Å²) in [6, 6.07) is -0.122. The zero-order valence-electron chi connectivity index (χ0n) is 9.53. The van der Waals surface area contributed by atoms with Gasteiger partial charge in [-0.2, -0.15) is 0 Å². The van der Waals surface area contributed by atoms with E-state index in [4.69, 9.17) is 10.5 Å². The molecule has 92 valence electrons. The maximum absolute atomic E-state index is 11.5. The minimum atomic E-state index is -3.20. The molecule has 0 aromatic heterocycles. The molecule has 0 aromatic carbocycles. The predicted molar refractivity (Wildman–Crippen MR) is 61.2 cm³/mol. The number of ether oxygens (including phenoxy) is 1. The molecule has 0 rings (SSSR count). The highest BCUT2D eigenvalue weighted by Crippen LogP contribution is 2.00. The van der Waals surface area contributed by atoms with Crippen molar-refractivity contribution >= 4 is 10.0 Å². The second kappa shape index (κ2) is 8.04. The van der Waals surface area contributed by atoms with Gasteiger partial charge in [0.2, 0.25) is 10.0 Å². The van der Waals surface area contributed by atoms with Crippen LogP contribution >= 0.6 is 0 Å². The molecule has 0 aliphatic heterocycles. The molecule has 0 aromatic rings. The van der Waals surface area contributed by atoms with E-state index < -0.39 is 10.0 Å². The van der Waals surface area contributed by atoms with Gasteiger partial charge in [0.25, 0.3) is 0 Å². The van der Waals surface area contributed by atoms with Crippen molar-refractivity contribution < 1.29 is 13.2 Å².